The number of aromatic nitrogens is 4. The molecule has 3 aromatic rings. The number of anilines is 1. The standard InChI is InChI=1S/C12H11N5O/c1-6-14-12(13)11(17-16-6)8-3-4-10-9(5-8)15-7(2)18-10/h3-5H,1-2H3,(H2,13,14,16). The van der Waals surface area contributed by atoms with E-state index in [1.807, 2.05) is 18.2 Å². The Kier molecular flexibility index (Phi) is 2.22. The van der Waals surface area contributed by atoms with E-state index < -0.39 is 0 Å². The largest absolute Gasteiger partial charge is 0.441 e. The molecule has 0 atom stereocenters. The molecule has 0 amide bonds. The number of nitrogens with two attached hydrogens (primary N) is 1. The quantitative estimate of drug-likeness (QED) is 0.699. The van der Waals surface area contributed by atoms with Crippen LogP contribution in [-0.4, -0.2) is 20.2 Å². The van der Waals surface area contributed by atoms with E-state index in [0.717, 1.165) is 16.7 Å². The van der Waals surface area contributed by atoms with Crippen LogP contribution in [0.2, 0.25) is 0 Å². The van der Waals surface area contributed by atoms with Gasteiger partial charge in [0.25, 0.3) is 0 Å². The van der Waals surface area contributed by atoms with Gasteiger partial charge in [0.1, 0.15) is 17.0 Å². The van der Waals surface area contributed by atoms with Gasteiger partial charge in [0.2, 0.25) is 0 Å². The topological polar surface area (TPSA) is 90.7 Å². The Morgan fingerprint density at radius 1 is 1.11 bits per heavy atom. The van der Waals surface area contributed by atoms with Crippen LogP contribution in [0.4, 0.5) is 5.82 Å². The number of rotatable bonds is 1. The molecule has 2 heterocycles. The van der Waals surface area contributed by atoms with Crippen molar-refractivity contribution in [1.82, 2.24) is 20.2 Å². The Hall–Kier alpha value is -2.50. The molecule has 0 aliphatic heterocycles. The van der Waals surface area contributed by atoms with Crippen molar-refractivity contribution in [3.8, 4) is 11.3 Å². The molecule has 0 aliphatic rings. The summed E-state index contributed by atoms with van der Waals surface area (Å²) in [6.07, 6.45) is 0. The van der Waals surface area contributed by atoms with E-state index in [1.54, 1.807) is 13.8 Å². The predicted octanol–water partition coefficient (Wildman–Crippen LogP) is 1.88. The number of hydrogen-bond donors (Lipinski definition) is 1. The third-order valence-electron chi connectivity index (χ3n) is 2.59. The number of aryl methyl sites for hydroxylation is 2. The van der Waals surface area contributed by atoms with Crippen LogP contribution in [0, 0.1) is 13.8 Å². The molecule has 0 saturated heterocycles. The number of fused-ring (bicyclic) bond motifs is 1. The summed E-state index contributed by atoms with van der Waals surface area (Å²) in [6, 6.07) is 5.57. The van der Waals surface area contributed by atoms with Crippen LogP contribution in [-0.2, 0) is 0 Å². The molecule has 0 aliphatic carbocycles. The number of benzene rings is 1. The number of nitrogens with zero attached hydrogens (tertiary/aromatic N) is 4. The zero-order valence-corrected chi connectivity index (χ0v) is 10.0. The van der Waals surface area contributed by atoms with E-state index in [0.29, 0.717) is 23.2 Å². The summed E-state index contributed by atoms with van der Waals surface area (Å²) in [5.41, 5.74) is 8.74. The molecule has 0 unspecified atom stereocenters. The molecule has 0 fully saturated rings. The van der Waals surface area contributed by atoms with E-state index in [1.165, 1.54) is 0 Å². The fourth-order valence-electron chi connectivity index (χ4n) is 1.82. The normalized spacial score (nSPS) is 11.0. The second-order valence-electron chi connectivity index (χ2n) is 4.01. The second kappa shape index (κ2) is 3.76. The Bertz CT molecular complexity index is 734. The van der Waals surface area contributed by atoms with Gasteiger partial charge in [-0.3, -0.25) is 0 Å². The van der Waals surface area contributed by atoms with E-state index in [4.69, 9.17) is 10.2 Å². The summed E-state index contributed by atoms with van der Waals surface area (Å²) >= 11 is 0. The van der Waals surface area contributed by atoms with Gasteiger partial charge in [-0.2, -0.15) is 0 Å². The molecular weight excluding hydrogens is 230 g/mol. The summed E-state index contributed by atoms with van der Waals surface area (Å²) in [7, 11) is 0. The van der Waals surface area contributed by atoms with Crippen molar-refractivity contribution in [3.63, 3.8) is 0 Å². The Balaban J connectivity index is 2.18. The summed E-state index contributed by atoms with van der Waals surface area (Å²) < 4.78 is 5.41. The molecule has 6 heteroatoms. The fourth-order valence-corrected chi connectivity index (χ4v) is 1.82. The van der Waals surface area contributed by atoms with Gasteiger partial charge in [-0.15, -0.1) is 10.2 Å². The fraction of sp³-hybridized carbons (Fsp3) is 0.167. The monoisotopic (exact) mass is 241 g/mol. The lowest BCUT2D eigenvalue weighted by Gasteiger charge is -2.03. The van der Waals surface area contributed by atoms with Crippen molar-refractivity contribution >= 4 is 16.9 Å². The average Bonchev–Trinajstić information content (AvgIpc) is 2.68. The summed E-state index contributed by atoms with van der Waals surface area (Å²) in [4.78, 5) is 8.37. The highest BCUT2D eigenvalue weighted by Gasteiger charge is 2.10. The summed E-state index contributed by atoms with van der Waals surface area (Å²) in [5.74, 6) is 1.54. The van der Waals surface area contributed by atoms with Crippen molar-refractivity contribution in [1.29, 1.82) is 0 Å². The zero-order chi connectivity index (χ0) is 12.7. The van der Waals surface area contributed by atoms with Crippen molar-refractivity contribution in [2.24, 2.45) is 0 Å². The third kappa shape index (κ3) is 1.67. The zero-order valence-electron chi connectivity index (χ0n) is 10.0. The van der Waals surface area contributed by atoms with Crippen LogP contribution < -0.4 is 5.73 Å². The second-order valence-corrected chi connectivity index (χ2v) is 4.01. The van der Waals surface area contributed by atoms with Gasteiger partial charge in [0.15, 0.2) is 17.3 Å². The van der Waals surface area contributed by atoms with Gasteiger partial charge >= 0.3 is 0 Å². The van der Waals surface area contributed by atoms with Gasteiger partial charge < -0.3 is 10.2 Å². The first-order valence-electron chi connectivity index (χ1n) is 5.48. The molecule has 18 heavy (non-hydrogen) atoms. The maximum atomic E-state index is 5.85. The average molecular weight is 241 g/mol. The molecular formula is C12H11N5O. The molecule has 0 saturated carbocycles. The first-order valence-corrected chi connectivity index (χ1v) is 5.48. The summed E-state index contributed by atoms with van der Waals surface area (Å²) in [6.45, 7) is 3.55. The molecule has 2 aromatic heterocycles. The van der Waals surface area contributed by atoms with Crippen LogP contribution in [0.15, 0.2) is 22.6 Å². The lowest BCUT2D eigenvalue weighted by molar-refractivity contribution is 0.561. The molecule has 0 spiro atoms. The van der Waals surface area contributed by atoms with Gasteiger partial charge in [0, 0.05) is 12.5 Å². The molecule has 1 aromatic carbocycles. The number of nitrogen functional groups attached to an aromatic ring is 1. The minimum Gasteiger partial charge on any atom is -0.441 e. The van der Waals surface area contributed by atoms with Crippen LogP contribution in [0.5, 0.6) is 0 Å². The van der Waals surface area contributed by atoms with Gasteiger partial charge in [0.05, 0.1) is 0 Å². The van der Waals surface area contributed by atoms with Crippen LogP contribution in [0.25, 0.3) is 22.4 Å². The van der Waals surface area contributed by atoms with Gasteiger partial charge in [-0.05, 0) is 25.1 Å². The van der Waals surface area contributed by atoms with Crippen molar-refractivity contribution in [2.45, 2.75) is 13.8 Å². The van der Waals surface area contributed by atoms with Gasteiger partial charge in [-0.25, -0.2) is 9.97 Å². The predicted molar refractivity (Wildman–Crippen MR) is 66.7 cm³/mol. The Morgan fingerprint density at radius 2 is 1.94 bits per heavy atom. The van der Waals surface area contributed by atoms with E-state index >= 15 is 0 Å². The minimum absolute atomic E-state index is 0.363. The van der Waals surface area contributed by atoms with Crippen molar-refractivity contribution in [3.05, 3.63) is 29.9 Å². The molecule has 90 valence electrons. The highest BCUT2D eigenvalue weighted by atomic mass is 16.3. The van der Waals surface area contributed by atoms with Crippen molar-refractivity contribution < 1.29 is 4.42 Å². The first kappa shape index (κ1) is 10.6. The van der Waals surface area contributed by atoms with Crippen LogP contribution >= 0.6 is 0 Å². The van der Waals surface area contributed by atoms with Crippen molar-refractivity contribution in [2.75, 3.05) is 5.73 Å². The Morgan fingerprint density at radius 3 is 2.72 bits per heavy atom. The van der Waals surface area contributed by atoms with Crippen LogP contribution in [0.1, 0.15) is 11.7 Å². The molecule has 0 bridgehead atoms. The first-order chi connectivity index (χ1) is 8.63. The van der Waals surface area contributed by atoms with E-state index in [2.05, 4.69) is 20.2 Å². The smallest absolute Gasteiger partial charge is 0.192 e. The maximum absolute atomic E-state index is 5.85. The number of oxazole rings is 1. The van der Waals surface area contributed by atoms with Gasteiger partial charge in [-0.1, -0.05) is 0 Å². The lowest BCUT2D eigenvalue weighted by Crippen LogP contribution is -2.01. The molecule has 3 rings (SSSR count). The number of hydrogen-bond acceptors (Lipinski definition) is 6. The minimum atomic E-state index is 0.363. The SMILES string of the molecule is Cc1nnc(-c2ccc3oc(C)nc3c2)c(N)n1. The molecule has 6 nitrogen and oxygen atoms in total. The Labute approximate surface area is 103 Å². The highest BCUT2D eigenvalue weighted by Crippen LogP contribution is 2.25. The van der Waals surface area contributed by atoms with E-state index in [9.17, 15) is 0 Å². The lowest BCUT2D eigenvalue weighted by atomic mass is 10.1. The summed E-state index contributed by atoms with van der Waals surface area (Å²) in [5, 5.41) is 7.98. The molecule has 0 radical (unpaired) electrons. The highest BCUT2D eigenvalue weighted by molar-refractivity contribution is 5.81. The molecule has 2 N–H and O–H groups in total. The third-order valence-corrected chi connectivity index (χ3v) is 2.59. The maximum Gasteiger partial charge on any atom is 0.192 e. The van der Waals surface area contributed by atoms with Crippen LogP contribution in [0.3, 0.4) is 0 Å². The van der Waals surface area contributed by atoms with E-state index in [-0.39, 0.29) is 0 Å².